The van der Waals surface area contributed by atoms with Crippen molar-refractivity contribution in [3.8, 4) is 0 Å². The highest BCUT2D eigenvalue weighted by atomic mass is 32.2. The maximum atomic E-state index is 10.6. The average molecular weight is 255 g/mol. The molecular weight excluding hydrogens is 230 g/mol. The summed E-state index contributed by atoms with van der Waals surface area (Å²) in [4.78, 5) is 2.51. The normalized spacial score (nSPS) is 40.2. The van der Waals surface area contributed by atoms with Gasteiger partial charge >= 0.3 is 0 Å². The van der Waals surface area contributed by atoms with Crippen LogP contribution in [0.25, 0.3) is 0 Å². The minimum absolute atomic E-state index is 0.332. The molecule has 98 valence electrons. The van der Waals surface area contributed by atoms with Crippen molar-refractivity contribution in [1.29, 1.82) is 0 Å². The smallest absolute Gasteiger partial charge is 0.0774 e. The van der Waals surface area contributed by atoms with Crippen LogP contribution in [0.2, 0.25) is 0 Å². The van der Waals surface area contributed by atoms with Gasteiger partial charge in [-0.05, 0) is 39.0 Å². The van der Waals surface area contributed by atoms with Gasteiger partial charge in [0.15, 0.2) is 0 Å². The molecule has 1 aliphatic heterocycles. The van der Waals surface area contributed by atoms with Gasteiger partial charge in [0.2, 0.25) is 0 Å². The monoisotopic (exact) mass is 255 g/mol. The molecule has 0 spiro atoms. The van der Waals surface area contributed by atoms with Crippen molar-refractivity contribution < 1.29 is 5.11 Å². The van der Waals surface area contributed by atoms with E-state index in [1.165, 1.54) is 17.1 Å². The molecule has 3 heteroatoms. The van der Waals surface area contributed by atoms with Gasteiger partial charge in [0.25, 0.3) is 0 Å². The highest BCUT2D eigenvalue weighted by Gasteiger charge is 2.41. The lowest BCUT2D eigenvalue weighted by Gasteiger charge is -2.47. The first-order valence-corrected chi connectivity index (χ1v) is 7.86. The second-order valence-electron chi connectivity index (χ2n) is 5.84. The lowest BCUT2D eigenvalue weighted by molar-refractivity contribution is -0.0666. The molecule has 1 N–H and O–H groups in total. The summed E-state index contributed by atoms with van der Waals surface area (Å²) in [5.41, 5.74) is 0.783. The minimum atomic E-state index is -0.506. The Morgan fingerprint density at radius 1 is 1.41 bits per heavy atom. The molecule has 0 amide bonds. The Morgan fingerprint density at radius 2 is 2.06 bits per heavy atom. The SMILES string of the molecule is C=C(C)C1CCC(C)(O)C(N2CCSCC2)C1. The van der Waals surface area contributed by atoms with Gasteiger partial charge in [-0.1, -0.05) is 12.2 Å². The van der Waals surface area contributed by atoms with E-state index in [1.54, 1.807) is 0 Å². The van der Waals surface area contributed by atoms with Crippen molar-refractivity contribution in [3.05, 3.63) is 12.2 Å². The average Bonchev–Trinajstić information content (AvgIpc) is 2.29. The van der Waals surface area contributed by atoms with Crippen LogP contribution in [-0.2, 0) is 0 Å². The number of allylic oxidation sites excluding steroid dienone is 1. The third kappa shape index (κ3) is 3.07. The van der Waals surface area contributed by atoms with Crippen LogP contribution in [-0.4, -0.2) is 46.2 Å². The zero-order chi connectivity index (χ0) is 12.5. The predicted molar refractivity (Wildman–Crippen MR) is 75.5 cm³/mol. The van der Waals surface area contributed by atoms with Crippen molar-refractivity contribution in [2.45, 2.75) is 44.8 Å². The number of thioether (sulfide) groups is 1. The summed E-state index contributed by atoms with van der Waals surface area (Å²) in [5, 5.41) is 10.6. The Morgan fingerprint density at radius 3 is 2.65 bits per heavy atom. The third-order valence-electron chi connectivity index (χ3n) is 4.41. The number of nitrogens with zero attached hydrogens (tertiary/aromatic N) is 1. The molecule has 1 saturated heterocycles. The highest BCUT2D eigenvalue weighted by Crippen LogP contribution is 2.38. The molecular formula is C14H25NOS. The first-order valence-electron chi connectivity index (χ1n) is 6.70. The Hall–Kier alpha value is 0.0100. The molecule has 1 saturated carbocycles. The van der Waals surface area contributed by atoms with Crippen molar-refractivity contribution in [1.82, 2.24) is 4.90 Å². The van der Waals surface area contributed by atoms with Crippen LogP contribution < -0.4 is 0 Å². The van der Waals surface area contributed by atoms with E-state index in [0.29, 0.717) is 12.0 Å². The summed E-state index contributed by atoms with van der Waals surface area (Å²) in [6.45, 7) is 10.5. The molecule has 1 heterocycles. The van der Waals surface area contributed by atoms with Crippen molar-refractivity contribution in [3.63, 3.8) is 0 Å². The predicted octanol–water partition coefficient (Wildman–Crippen LogP) is 2.53. The van der Waals surface area contributed by atoms with Gasteiger partial charge in [-0.2, -0.15) is 11.8 Å². The molecule has 1 aliphatic carbocycles. The molecule has 17 heavy (non-hydrogen) atoms. The van der Waals surface area contributed by atoms with Crippen LogP contribution in [0.3, 0.4) is 0 Å². The molecule has 0 aromatic heterocycles. The fourth-order valence-corrected chi connectivity index (χ4v) is 4.08. The zero-order valence-corrected chi connectivity index (χ0v) is 11.9. The molecule has 2 fully saturated rings. The zero-order valence-electron chi connectivity index (χ0n) is 11.1. The highest BCUT2D eigenvalue weighted by molar-refractivity contribution is 7.99. The summed E-state index contributed by atoms with van der Waals surface area (Å²) in [7, 11) is 0. The fourth-order valence-electron chi connectivity index (χ4n) is 3.15. The van der Waals surface area contributed by atoms with Crippen LogP contribution in [0.4, 0.5) is 0 Å². The number of rotatable bonds is 2. The van der Waals surface area contributed by atoms with E-state index in [2.05, 4.69) is 18.4 Å². The Kier molecular flexibility index (Phi) is 4.22. The lowest BCUT2D eigenvalue weighted by Crippen LogP contribution is -2.56. The largest absolute Gasteiger partial charge is 0.389 e. The quantitative estimate of drug-likeness (QED) is 0.767. The van der Waals surface area contributed by atoms with Crippen molar-refractivity contribution in [2.75, 3.05) is 24.6 Å². The van der Waals surface area contributed by atoms with Crippen molar-refractivity contribution in [2.24, 2.45) is 5.92 Å². The van der Waals surface area contributed by atoms with E-state index in [4.69, 9.17) is 0 Å². The minimum Gasteiger partial charge on any atom is -0.389 e. The van der Waals surface area contributed by atoms with Crippen LogP contribution in [0.5, 0.6) is 0 Å². The number of aliphatic hydroxyl groups is 1. The van der Waals surface area contributed by atoms with E-state index < -0.39 is 5.60 Å². The third-order valence-corrected chi connectivity index (χ3v) is 5.35. The summed E-state index contributed by atoms with van der Waals surface area (Å²) in [6, 6.07) is 0.332. The molecule has 3 unspecified atom stereocenters. The van der Waals surface area contributed by atoms with Gasteiger partial charge in [-0.25, -0.2) is 0 Å². The molecule has 0 radical (unpaired) electrons. The van der Waals surface area contributed by atoms with Gasteiger partial charge in [0.05, 0.1) is 5.60 Å². The lowest BCUT2D eigenvalue weighted by atomic mass is 9.73. The van der Waals surface area contributed by atoms with Gasteiger partial charge < -0.3 is 5.11 Å². The van der Waals surface area contributed by atoms with Crippen LogP contribution in [0.1, 0.15) is 33.1 Å². The Bertz CT molecular complexity index is 284. The standard InChI is InChI=1S/C14H25NOS/c1-11(2)12-4-5-14(3,16)13(10-12)15-6-8-17-9-7-15/h12-13,16H,1,4-10H2,2-3H3. The summed E-state index contributed by atoms with van der Waals surface area (Å²) < 4.78 is 0. The van der Waals surface area contributed by atoms with Crippen molar-refractivity contribution >= 4 is 11.8 Å². The topological polar surface area (TPSA) is 23.5 Å². The van der Waals surface area contributed by atoms with E-state index in [9.17, 15) is 5.11 Å². The van der Waals surface area contributed by atoms with E-state index >= 15 is 0 Å². The summed E-state index contributed by atoms with van der Waals surface area (Å²) >= 11 is 2.03. The molecule has 0 aromatic carbocycles. The molecule has 3 atom stereocenters. The van der Waals surface area contributed by atoms with E-state index in [1.807, 2.05) is 18.7 Å². The van der Waals surface area contributed by atoms with E-state index in [0.717, 1.165) is 32.4 Å². The second kappa shape index (κ2) is 5.33. The molecule has 0 aromatic rings. The molecule has 2 aliphatic rings. The van der Waals surface area contributed by atoms with Crippen LogP contribution >= 0.6 is 11.8 Å². The summed E-state index contributed by atoms with van der Waals surface area (Å²) in [6.07, 6.45) is 3.10. The van der Waals surface area contributed by atoms with Gasteiger partial charge in [0.1, 0.15) is 0 Å². The Labute approximate surface area is 109 Å². The number of hydrogen-bond donors (Lipinski definition) is 1. The molecule has 0 bridgehead atoms. The molecule has 2 nitrogen and oxygen atoms in total. The fraction of sp³-hybridized carbons (Fsp3) is 0.857. The van der Waals surface area contributed by atoms with Gasteiger partial charge in [0, 0.05) is 30.6 Å². The second-order valence-corrected chi connectivity index (χ2v) is 7.06. The summed E-state index contributed by atoms with van der Waals surface area (Å²) in [5.74, 6) is 3.03. The maximum Gasteiger partial charge on any atom is 0.0774 e. The first kappa shape index (κ1) is 13.4. The maximum absolute atomic E-state index is 10.6. The van der Waals surface area contributed by atoms with Crippen LogP contribution in [0, 0.1) is 5.92 Å². The first-order chi connectivity index (χ1) is 8.00. The number of hydrogen-bond acceptors (Lipinski definition) is 3. The van der Waals surface area contributed by atoms with Gasteiger partial charge in [-0.15, -0.1) is 0 Å². The Balaban J connectivity index is 2.06. The van der Waals surface area contributed by atoms with Crippen LogP contribution in [0.15, 0.2) is 12.2 Å². The van der Waals surface area contributed by atoms with E-state index in [-0.39, 0.29) is 0 Å². The molecule has 2 rings (SSSR count). The van der Waals surface area contributed by atoms with Gasteiger partial charge in [-0.3, -0.25) is 4.90 Å².